The van der Waals surface area contributed by atoms with Crippen LogP contribution in [0.4, 0.5) is 5.82 Å². The van der Waals surface area contributed by atoms with Crippen molar-refractivity contribution >= 4 is 23.5 Å². The first kappa shape index (κ1) is 36.8. The van der Waals surface area contributed by atoms with Crippen LogP contribution in [0.3, 0.4) is 0 Å². The number of anilines is 1. The van der Waals surface area contributed by atoms with Gasteiger partial charge in [-0.3, -0.25) is 24.2 Å². The second-order valence-corrected chi connectivity index (χ2v) is 12.1. The summed E-state index contributed by atoms with van der Waals surface area (Å²) in [5.74, 6) is 1.30. The maximum Gasteiger partial charge on any atom is 0.302 e. The summed E-state index contributed by atoms with van der Waals surface area (Å²) < 4.78 is 23.7. The van der Waals surface area contributed by atoms with E-state index in [1.165, 1.54) is 11.8 Å². The summed E-state index contributed by atoms with van der Waals surface area (Å²) in [6, 6.07) is 3.70. The SMILES string of the molecule is COc1cc(CN(CC(CCCCCCCCC[C@@H]2CC(=O)c3c(ncn3C)N(C)C2=O)OC(C)=O)C(C)O)cc(OC)c1OC. The molecule has 1 aromatic carbocycles. The average molecular weight is 645 g/mol. The van der Waals surface area contributed by atoms with Gasteiger partial charge in [-0.05, 0) is 43.9 Å². The minimum atomic E-state index is -0.768. The first-order chi connectivity index (χ1) is 22.0. The van der Waals surface area contributed by atoms with Gasteiger partial charge in [0.2, 0.25) is 11.7 Å². The molecule has 0 spiro atoms. The number of ether oxygens (including phenoxy) is 4. The summed E-state index contributed by atoms with van der Waals surface area (Å²) in [6.45, 7) is 3.88. The van der Waals surface area contributed by atoms with Crippen LogP contribution < -0.4 is 19.1 Å². The van der Waals surface area contributed by atoms with Crippen molar-refractivity contribution in [1.29, 1.82) is 0 Å². The first-order valence-electron chi connectivity index (χ1n) is 16.2. The van der Waals surface area contributed by atoms with E-state index in [-0.39, 0.29) is 36.1 Å². The molecule has 12 nitrogen and oxygen atoms in total. The van der Waals surface area contributed by atoms with Crippen LogP contribution in [0.2, 0.25) is 0 Å². The van der Waals surface area contributed by atoms with Crippen LogP contribution >= 0.6 is 0 Å². The van der Waals surface area contributed by atoms with Crippen LogP contribution in [0.25, 0.3) is 0 Å². The van der Waals surface area contributed by atoms with E-state index in [1.807, 2.05) is 17.0 Å². The molecular formula is C34H52N4O8. The minimum Gasteiger partial charge on any atom is -0.493 e. The monoisotopic (exact) mass is 644 g/mol. The lowest BCUT2D eigenvalue weighted by molar-refractivity contribution is -0.149. The lowest BCUT2D eigenvalue weighted by Gasteiger charge is -2.30. The molecule has 256 valence electrons. The molecule has 1 aliphatic rings. The topological polar surface area (TPSA) is 133 Å². The molecule has 12 heteroatoms. The molecule has 3 rings (SSSR count). The van der Waals surface area contributed by atoms with Crippen molar-refractivity contribution in [3.63, 3.8) is 0 Å². The molecule has 1 N–H and O–H groups in total. The molecule has 0 fully saturated rings. The number of imidazole rings is 1. The minimum absolute atomic E-state index is 0.0254. The Bertz CT molecular complexity index is 1290. The number of ketones is 1. The van der Waals surface area contributed by atoms with Gasteiger partial charge in [0.05, 0.1) is 27.7 Å². The van der Waals surface area contributed by atoms with Crippen LogP contribution in [-0.2, 0) is 27.9 Å². The van der Waals surface area contributed by atoms with Crippen LogP contribution in [0.5, 0.6) is 17.2 Å². The molecule has 0 aliphatic carbocycles. The third-order valence-electron chi connectivity index (χ3n) is 8.60. The maximum atomic E-state index is 13.0. The maximum absolute atomic E-state index is 13.0. The lowest BCUT2D eigenvalue weighted by atomic mass is 9.94. The second-order valence-electron chi connectivity index (χ2n) is 12.1. The molecule has 1 amide bonds. The highest BCUT2D eigenvalue weighted by atomic mass is 16.5. The lowest BCUT2D eigenvalue weighted by Crippen LogP contribution is -2.40. The van der Waals surface area contributed by atoms with E-state index < -0.39 is 6.23 Å². The Kier molecular flexibility index (Phi) is 14.3. The summed E-state index contributed by atoms with van der Waals surface area (Å²) in [4.78, 5) is 45.3. The summed E-state index contributed by atoms with van der Waals surface area (Å²) >= 11 is 0. The number of methoxy groups -OCH3 is 3. The zero-order valence-electron chi connectivity index (χ0n) is 28.5. The Labute approximate surface area is 272 Å². The van der Waals surface area contributed by atoms with E-state index in [2.05, 4.69) is 4.98 Å². The van der Waals surface area contributed by atoms with Gasteiger partial charge in [0.25, 0.3) is 0 Å². The fourth-order valence-electron chi connectivity index (χ4n) is 6.14. The standard InChI is InChI=1S/C34H52N4O8/c1-23(39)38(20-25-17-29(43-5)32(45-7)30(18-25)44-6)21-27(46-24(2)40)16-14-12-10-8-9-11-13-15-26-19-28(41)31-33(35-22-36(31)3)37(4)34(26)42/h17-18,22-23,26-27,39H,8-16,19-21H2,1-7H3/t23?,26-,27?/m1/s1. The van der Waals surface area contributed by atoms with Gasteiger partial charge in [-0.2, -0.15) is 0 Å². The van der Waals surface area contributed by atoms with E-state index in [9.17, 15) is 19.5 Å². The molecule has 2 unspecified atom stereocenters. The van der Waals surface area contributed by atoms with E-state index in [1.54, 1.807) is 53.2 Å². The zero-order chi connectivity index (χ0) is 33.8. The number of unbranched alkanes of at least 4 members (excludes halogenated alkanes) is 6. The van der Waals surface area contributed by atoms with E-state index >= 15 is 0 Å². The van der Waals surface area contributed by atoms with Gasteiger partial charge in [0, 0.05) is 46.4 Å². The number of aryl methyl sites for hydroxylation is 1. The predicted octanol–water partition coefficient (Wildman–Crippen LogP) is 4.89. The molecular weight excluding hydrogens is 592 g/mol. The highest BCUT2D eigenvalue weighted by Crippen LogP contribution is 2.38. The third-order valence-corrected chi connectivity index (χ3v) is 8.60. The molecule has 1 aromatic heterocycles. The molecule has 1 aliphatic heterocycles. The number of carbonyl (C=O) groups excluding carboxylic acids is 3. The van der Waals surface area contributed by atoms with Crippen LogP contribution in [-0.4, -0.2) is 84.5 Å². The van der Waals surface area contributed by atoms with Gasteiger partial charge in [0.15, 0.2) is 23.1 Å². The number of esters is 1. The number of hydrogen-bond donors (Lipinski definition) is 1. The Morgan fingerprint density at radius 2 is 1.61 bits per heavy atom. The number of nitrogens with zero attached hydrogens (tertiary/aromatic N) is 4. The zero-order valence-corrected chi connectivity index (χ0v) is 28.5. The highest BCUT2D eigenvalue weighted by molar-refractivity contribution is 6.09. The smallest absolute Gasteiger partial charge is 0.302 e. The highest BCUT2D eigenvalue weighted by Gasteiger charge is 2.34. The number of Topliss-reactive ketones (excluding diaryl/α,β-unsaturated/α-hetero) is 1. The van der Waals surface area contributed by atoms with Crippen molar-refractivity contribution in [1.82, 2.24) is 14.5 Å². The second kappa shape index (κ2) is 17.9. The Morgan fingerprint density at radius 3 is 2.17 bits per heavy atom. The number of carbonyl (C=O) groups is 3. The Morgan fingerprint density at radius 1 is 1.00 bits per heavy atom. The average Bonchev–Trinajstić information content (AvgIpc) is 3.38. The summed E-state index contributed by atoms with van der Waals surface area (Å²) in [7, 11) is 8.15. The van der Waals surface area contributed by atoms with E-state index in [4.69, 9.17) is 18.9 Å². The van der Waals surface area contributed by atoms with Crippen molar-refractivity contribution in [2.45, 2.75) is 96.9 Å². The van der Waals surface area contributed by atoms with Gasteiger partial charge in [-0.25, -0.2) is 4.98 Å². The van der Waals surface area contributed by atoms with E-state index in [0.29, 0.717) is 54.7 Å². The normalized spacial score (nSPS) is 16.2. The molecule has 0 saturated carbocycles. The first-order valence-corrected chi connectivity index (χ1v) is 16.2. The fraction of sp³-hybridized carbons (Fsp3) is 0.647. The van der Waals surface area contributed by atoms with Crippen molar-refractivity contribution in [2.75, 3.05) is 39.8 Å². The molecule has 3 atom stereocenters. The predicted molar refractivity (Wildman–Crippen MR) is 174 cm³/mol. The summed E-state index contributed by atoms with van der Waals surface area (Å²) in [5.41, 5.74) is 1.37. The van der Waals surface area contributed by atoms with Crippen molar-refractivity contribution < 1.29 is 38.4 Å². The van der Waals surface area contributed by atoms with Crippen molar-refractivity contribution in [3.8, 4) is 17.2 Å². The number of fused-ring (bicyclic) bond motifs is 1. The largest absolute Gasteiger partial charge is 0.493 e. The number of aliphatic hydroxyl groups excluding tert-OH is 1. The van der Waals surface area contributed by atoms with Gasteiger partial charge < -0.3 is 28.6 Å². The Hall–Kier alpha value is -3.64. The number of amides is 1. The molecule has 46 heavy (non-hydrogen) atoms. The third kappa shape index (κ3) is 9.93. The number of benzene rings is 1. The van der Waals surface area contributed by atoms with Gasteiger partial charge in [-0.15, -0.1) is 0 Å². The molecule has 0 radical (unpaired) electrons. The van der Waals surface area contributed by atoms with Crippen LogP contribution in [0.15, 0.2) is 18.5 Å². The molecule has 0 saturated heterocycles. The number of aliphatic hydroxyl groups is 1. The summed E-state index contributed by atoms with van der Waals surface area (Å²) in [6.07, 6.45) is 9.08. The van der Waals surface area contributed by atoms with Crippen LogP contribution in [0, 0.1) is 5.92 Å². The Balaban J connectivity index is 1.41. The van der Waals surface area contributed by atoms with Gasteiger partial charge >= 0.3 is 5.97 Å². The van der Waals surface area contributed by atoms with Crippen LogP contribution in [0.1, 0.15) is 94.1 Å². The number of hydrogen-bond acceptors (Lipinski definition) is 10. The fourth-order valence-corrected chi connectivity index (χ4v) is 6.14. The molecule has 2 heterocycles. The summed E-state index contributed by atoms with van der Waals surface area (Å²) in [5, 5.41) is 10.6. The molecule has 2 aromatic rings. The molecule has 0 bridgehead atoms. The van der Waals surface area contributed by atoms with E-state index in [0.717, 1.165) is 50.5 Å². The number of aromatic nitrogens is 2. The number of rotatable bonds is 19. The van der Waals surface area contributed by atoms with Crippen molar-refractivity contribution in [3.05, 3.63) is 29.7 Å². The quantitative estimate of drug-likeness (QED) is 0.128. The van der Waals surface area contributed by atoms with Gasteiger partial charge in [-0.1, -0.05) is 38.5 Å². The van der Waals surface area contributed by atoms with Gasteiger partial charge in [0.1, 0.15) is 18.0 Å². The van der Waals surface area contributed by atoms with Crippen molar-refractivity contribution in [2.24, 2.45) is 13.0 Å².